The number of primary amides is 1. The molecule has 4 N–H and O–H groups in total. The first-order valence-electron chi connectivity index (χ1n) is 12.9. The Bertz CT molecular complexity index is 1010. The van der Waals surface area contributed by atoms with E-state index in [0.29, 0.717) is 30.5 Å². The van der Waals surface area contributed by atoms with Gasteiger partial charge in [0.2, 0.25) is 17.7 Å². The molecular weight excluding hydrogens is 472 g/mol. The van der Waals surface area contributed by atoms with Crippen LogP contribution in [-0.4, -0.2) is 52.9 Å². The smallest absolute Gasteiger partial charge is 0.408 e. The van der Waals surface area contributed by atoms with Crippen molar-refractivity contribution in [3.63, 3.8) is 0 Å². The van der Waals surface area contributed by atoms with Crippen LogP contribution >= 0.6 is 0 Å². The zero-order chi connectivity index (χ0) is 27.6. The van der Waals surface area contributed by atoms with E-state index in [9.17, 15) is 19.2 Å². The van der Waals surface area contributed by atoms with E-state index in [4.69, 9.17) is 16.9 Å². The van der Waals surface area contributed by atoms with Crippen molar-refractivity contribution < 1.29 is 23.9 Å². The molecule has 37 heavy (non-hydrogen) atoms. The Morgan fingerprint density at radius 3 is 2.41 bits per heavy atom. The van der Waals surface area contributed by atoms with Crippen molar-refractivity contribution in [3.8, 4) is 12.3 Å². The highest BCUT2D eigenvalue weighted by molar-refractivity contribution is 5.95. The van der Waals surface area contributed by atoms with Crippen molar-refractivity contribution in [3.05, 3.63) is 35.4 Å². The van der Waals surface area contributed by atoms with Gasteiger partial charge in [-0.05, 0) is 58.1 Å². The number of hydrogen-bond donors (Lipinski definition) is 3. The van der Waals surface area contributed by atoms with Crippen LogP contribution in [-0.2, 0) is 19.1 Å². The van der Waals surface area contributed by atoms with E-state index in [1.807, 2.05) is 0 Å². The summed E-state index contributed by atoms with van der Waals surface area (Å²) in [6.07, 6.45) is 9.46. The fourth-order valence-electron chi connectivity index (χ4n) is 4.18. The minimum absolute atomic E-state index is 0.263. The summed E-state index contributed by atoms with van der Waals surface area (Å²) >= 11 is 0. The number of amides is 4. The van der Waals surface area contributed by atoms with Gasteiger partial charge in [0.05, 0.1) is 6.42 Å². The Morgan fingerprint density at radius 1 is 1.19 bits per heavy atom. The zero-order valence-corrected chi connectivity index (χ0v) is 22.3. The molecule has 2 atom stereocenters. The van der Waals surface area contributed by atoms with Crippen LogP contribution in [0.2, 0.25) is 0 Å². The maximum atomic E-state index is 14.0. The Hall–Kier alpha value is -3.54. The van der Waals surface area contributed by atoms with E-state index in [0.717, 1.165) is 25.7 Å². The summed E-state index contributed by atoms with van der Waals surface area (Å²) in [5, 5.41) is 5.45. The standard InChI is InChI=1S/C28H40N4O5/c1-6-8-11-17-30-25(34)24(21-16-10-9-13-19(21)7-2)32(20-14-12-15-20)26(35)22(18-23(29)33)31-27(36)37-28(3,4)5/h2,9-10,13,16,20,22,24H,6,8,11-12,14-15,17-18H2,1,3-5H3,(H2,29,33)(H,30,34)(H,31,36). The molecule has 202 valence electrons. The van der Waals surface area contributed by atoms with Crippen LogP contribution in [0.1, 0.15) is 89.8 Å². The molecule has 1 aliphatic carbocycles. The lowest BCUT2D eigenvalue weighted by Gasteiger charge is -2.43. The third kappa shape index (κ3) is 8.81. The SMILES string of the molecule is C#Cc1ccccc1C(C(=O)NCCCCC)N(C(=O)C(CC(N)=O)NC(=O)OC(C)(C)C)C1CCC1. The van der Waals surface area contributed by atoms with Crippen molar-refractivity contribution >= 4 is 23.8 Å². The normalized spacial score (nSPS) is 14.9. The first-order valence-corrected chi connectivity index (χ1v) is 12.9. The highest BCUT2D eigenvalue weighted by Crippen LogP contribution is 2.35. The van der Waals surface area contributed by atoms with Crippen LogP contribution in [0.4, 0.5) is 4.79 Å². The monoisotopic (exact) mass is 512 g/mol. The van der Waals surface area contributed by atoms with Crippen molar-refractivity contribution in [2.45, 2.75) is 96.4 Å². The van der Waals surface area contributed by atoms with Crippen LogP contribution in [0.3, 0.4) is 0 Å². The predicted octanol–water partition coefficient (Wildman–Crippen LogP) is 3.17. The van der Waals surface area contributed by atoms with Gasteiger partial charge in [-0.3, -0.25) is 14.4 Å². The summed E-state index contributed by atoms with van der Waals surface area (Å²) in [7, 11) is 0. The maximum Gasteiger partial charge on any atom is 0.408 e. The highest BCUT2D eigenvalue weighted by Gasteiger charge is 2.42. The Balaban J connectivity index is 2.50. The average molecular weight is 513 g/mol. The first kappa shape index (κ1) is 29.7. The quantitative estimate of drug-likeness (QED) is 0.292. The molecule has 2 unspecified atom stereocenters. The molecule has 1 saturated carbocycles. The second kappa shape index (κ2) is 13.7. The second-order valence-corrected chi connectivity index (χ2v) is 10.3. The topological polar surface area (TPSA) is 131 Å². The summed E-state index contributed by atoms with van der Waals surface area (Å²) < 4.78 is 5.31. The van der Waals surface area contributed by atoms with Crippen molar-refractivity contribution in [1.82, 2.24) is 15.5 Å². The fraction of sp³-hybridized carbons (Fsp3) is 0.571. The lowest BCUT2D eigenvalue weighted by atomic mass is 9.87. The van der Waals surface area contributed by atoms with Gasteiger partial charge in [-0.1, -0.05) is 43.9 Å². The molecule has 2 rings (SSSR count). The van der Waals surface area contributed by atoms with Gasteiger partial charge in [-0.25, -0.2) is 4.79 Å². The summed E-state index contributed by atoms with van der Waals surface area (Å²) in [5.41, 5.74) is 5.62. The minimum Gasteiger partial charge on any atom is -0.444 e. The van der Waals surface area contributed by atoms with Crippen molar-refractivity contribution in [1.29, 1.82) is 0 Å². The number of nitrogens with zero attached hydrogens (tertiary/aromatic N) is 1. The minimum atomic E-state index is -1.30. The zero-order valence-electron chi connectivity index (χ0n) is 22.3. The molecule has 9 nitrogen and oxygen atoms in total. The van der Waals surface area contributed by atoms with Crippen molar-refractivity contribution in [2.24, 2.45) is 5.73 Å². The Kier molecular flexibility index (Phi) is 11.0. The molecule has 0 spiro atoms. The van der Waals surface area contributed by atoms with E-state index >= 15 is 0 Å². The number of nitrogens with two attached hydrogens (primary N) is 1. The molecule has 0 saturated heterocycles. The molecule has 0 bridgehead atoms. The predicted molar refractivity (Wildman–Crippen MR) is 141 cm³/mol. The molecule has 4 amide bonds. The number of unbranched alkanes of at least 4 members (excludes halogenated alkanes) is 2. The van der Waals surface area contributed by atoms with Crippen LogP contribution in [0, 0.1) is 12.3 Å². The number of hydrogen-bond acceptors (Lipinski definition) is 5. The molecule has 1 aromatic rings. The van der Waals surface area contributed by atoms with E-state index in [-0.39, 0.29) is 11.9 Å². The molecule has 0 radical (unpaired) electrons. The van der Waals surface area contributed by atoms with E-state index in [1.165, 1.54) is 4.90 Å². The highest BCUT2D eigenvalue weighted by atomic mass is 16.6. The van der Waals surface area contributed by atoms with Gasteiger partial charge in [0.25, 0.3) is 0 Å². The van der Waals surface area contributed by atoms with Gasteiger partial charge < -0.3 is 26.0 Å². The summed E-state index contributed by atoms with van der Waals surface area (Å²) in [4.78, 5) is 53.6. The number of rotatable bonds is 12. The lowest BCUT2D eigenvalue weighted by molar-refractivity contribution is -0.148. The van der Waals surface area contributed by atoms with E-state index < -0.39 is 42.0 Å². The molecular formula is C28H40N4O5. The average Bonchev–Trinajstić information content (AvgIpc) is 2.78. The summed E-state index contributed by atoms with van der Waals surface area (Å²) in [5.74, 6) is 0.888. The summed E-state index contributed by atoms with van der Waals surface area (Å²) in [6.45, 7) is 7.59. The Labute approximate surface area is 219 Å². The third-order valence-electron chi connectivity index (χ3n) is 6.13. The van der Waals surface area contributed by atoms with Crippen LogP contribution in [0.25, 0.3) is 0 Å². The Morgan fingerprint density at radius 2 is 1.86 bits per heavy atom. The molecule has 1 fully saturated rings. The number of alkyl carbamates (subject to hydrolysis) is 1. The van der Waals surface area contributed by atoms with Gasteiger partial charge in [-0.2, -0.15) is 0 Å². The van der Waals surface area contributed by atoms with Gasteiger partial charge in [0.1, 0.15) is 17.7 Å². The summed E-state index contributed by atoms with van der Waals surface area (Å²) in [6, 6.07) is 4.37. The maximum absolute atomic E-state index is 14.0. The molecule has 9 heteroatoms. The third-order valence-corrected chi connectivity index (χ3v) is 6.13. The molecule has 0 aliphatic heterocycles. The number of carbonyl (C=O) groups is 4. The van der Waals surface area contributed by atoms with Crippen molar-refractivity contribution in [2.75, 3.05) is 6.54 Å². The first-order chi connectivity index (χ1) is 17.5. The van der Waals surface area contributed by atoms with Crippen LogP contribution < -0.4 is 16.4 Å². The number of benzene rings is 1. The number of carbonyl (C=O) groups excluding carboxylic acids is 4. The fourth-order valence-corrected chi connectivity index (χ4v) is 4.18. The molecule has 1 aliphatic rings. The lowest BCUT2D eigenvalue weighted by Crippen LogP contribution is -2.58. The van der Waals surface area contributed by atoms with Crippen LogP contribution in [0.15, 0.2) is 24.3 Å². The molecule has 0 heterocycles. The number of ether oxygens (including phenoxy) is 1. The van der Waals surface area contributed by atoms with Gasteiger partial charge in [0.15, 0.2) is 0 Å². The van der Waals surface area contributed by atoms with Crippen LogP contribution in [0.5, 0.6) is 0 Å². The van der Waals surface area contributed by atoms with E-state index in [1.54, 1.807) is 45.0 Å². The van der Waals surface area contributed by atoms with Gasteiger partial charge in [0, 0.05) is 18.2 Å². The molecule has 1 aromatic carbocycles. The van der Waals surface area contributed by atoms with E-state index in [2.05, 4.69) is 23.5 Å². The second-order valence-electron chi connectivity index (χ2n) is 10.3. The van der Waals surface area contributed by atoms with Gasteiger partial charge in [-0.15, -0.1) is 6.42 Å². The number of terminal acetylenes is 1. The number of nitrogens with one attached hydrogen (secondary N) is 2. The molecule has 0 aromatic heterocycles. The largest absolute Gasteiger partial charge is 0.444 e. The van der Waals surface area contributed by atoms with Gasteiger partial charge >= 0.3 is 6.09 Å².